The lowest BCUT2D eigenvalue weighted by Crippen LogP contribution is -2.52. The van der Waals surface area contributed by atoms with E-state index < -0.39 is 40.2 Å². The van der Waals surface area contributed by atoms with Gasteiger partial charge in [0.2, 0.25) is 0 Å². The molecule has 13 heteroatoms. The molecule has 39 heavy (non-hydrogen) atoms. The van der Waals surface area contributed by atoms with E-state index in [4.69, 9.17) is 0 Å². The summed E-state index contributed by atoms with van der Waals surface area (Å²) < 4.78 is 107. The molecule has 1 spiro atoms. The maximum atomic E-state index is 13.1. The van der Waals surface area contributed by atoms with Gasteiger partial charge in [-0.15, -0.1) is 11.3 Å². The van der Waals surface area contributed by atoms with E-state index in [9.17, 15) is 34.8 Å². The SMILES string of the molecule is O=S1(=O)N[C@]2(CN1CC(F)(F)F)[C@@H]1CC[C@H]2Cc2cc(-c3ncc(-c4ccc(C(F)(F)F)cc4)s3)ccc2C1. The fourth-order valence-electron chi connectivity index (χ4n) is 6.34. The Morgan fingerprint density at radius 3 is 2.23 bits per heavy atom. The Morgan fingerprint density at radius 2 is 1.59 bits per heavy atom. The van der Waals surface area contributed by atoms with Gasteiger partial charge in [0.15, 0.2) is 0 Å². The topological polar surface area (TPSA) is 62.3 Å². The molecule has 2 heterocycles. The summed E-state index contributed by atoms with van der Waals surface area (Å²) in [6.45, 7) is -1.71. The number of alkyl halides is 6. The van der Waals surface area contributed by atoms with E-state index in [1.54, 1.807) is 6.20 Å². The fraction of sp³-hybridized carbons (Fsp3) is 0.423. The maximum Gasteiger partial charge on any atom is 0.416 e. The number of aromatic nitrogens is 1. The molecule has 6 rings (SSSR count). The third kappa shape index (κ3) is 4.87. The minimum Gasteiger partial charge on any atom is -0.244 e. The smallest absolute Gasteiger partial charge is 0.244 e. The molecule has 0 amide bonds. The summed E-state index contributed by atoms with van der Waals surface area (Å²) in [5.74, 6) is -0.264. The van der Waals surface area contributed by atoms with Crippen molar-refractivity contribution in [3.8, 4) is 21.0 Å². The van der Waals surface area contributed by atoms with Crippen LogP contribution >= 0.6 is 11.3 Å². The van der Waals surface area contributed by atoms with E-state index in [0.717, 1.165) is 40.1 Å². The minimum atomic E-state index is -4.63. The van der Waals surface area contributed by atoms with Crippen molar-refractivity contribution in [2.45, 2.75) is 43.6 Å². The zero-order chi connectivity index (χ0) is 27.8. The average molecular weight is 588 g/mol. The molecule has 2 bridgehead atoms. The van der Waals surface area contributed by atoms with E-state index in [1.165, 1.54) is 23.5 Å². The van der Waals surface area contributed by atoms with Gasteiger partial charge in [-0.05, 0) is 72.4 Å². The third-order valence-corrected chi connectivity index (χ3v) is 10.8. The van der Waals surface area contributed by atoms with Crippen LogP contribution in [0.4, 0.5) is 26.3 Å². The van der Waals surface area contributed by atoms with E-state index in [-0.39, 0.29) is 18.4 Å². The van der Waals surface area contributed by atoms with Crippen molar-refractivity contribution >= 4 is 21.5 Å². The summed E-state index contributed by atoms with van der Waals surface area (Å²) >= 11 is 1.35. The molecule has 0 radical (unpaired) electrons. The molecular formula is C26H23F6N3O2S2. The first kappa shape index (κ1) is 26.7. The van der Waals surface area contributed by atoms with Crippen LogP contribution in [0.25, 0.3) is 21.0 Å². The number of hydrogen-bond donors (Lipinski definition) is 1. The van der Waals surface area contributed by atoms with Crippen LogP contribution < -0.4 is 4.72 Å². The largest absolute Gasteiger partial charge is 0.416 e. The van der Waals surface area contributed by atoms with Gasteiger partial charge in [0, 0.05) is 18.3 Å². The summed E-state index contributed by atoms with van der Waals surface area (Å²) in [6, 6.07) is 10.8. The number of benzene rings is 2. The standard InChI is InChI=1S/C26H23F6N3O2S2/c27-25(28,29)14-35-13-24(34-39(35,36)37)20-7-8-21(24)11-18-9-17(2-1-16(18)10-20)23-33-12-22(38-23)15-3-5-19(6-4-15)26(30,31)32/h1-6,9,12,20-21,34H,7-8,10-11,13-14H2/t20-,21+,24-/m1/s1. The van der Waals surface area contributed by atoms with Crippen molar-refractivity contribution in [1.29, 1.82) is 0 Å². The number of rotatable bonds is 3. The van der Waals surface area contributed by atoms with Gasteiger partial charge in [-0.3, -0.25) is 0 Å². The zero-order valence-electron chi connectivity index (χ0n) is 20.3. The second kappa shape index (κ2) is 9.02. The van der Waals surface area contributed by atoms with Crippen LogP contribution in [0.5, 0.6) is 0 Å². The van der Waals surface area contributed by atoms with Crippen LogP contribution in [0.15, 0.2) is 48.7 Å². The summed E-state index contributed by atoms with van der Waals surface area (Å²) in [6.07, 6.45) is -4.89. The molecule has 1 N–H and O–H groups in total. The molecule has 1 saturated carbocycles. The van der Waals surface area contributed by atoms with Gasteiger partial charge in [-0.1, -0.05) is 24.3 Å². The summed E-state index contributed by atoms with van der Waals surface area (Å²) in [4.78, 5) is 5.20. The highest BCUT2D eigenvalue weighted by Crippen LogP contribution is 2.51. The van der Waals surface area contributed by atoms with Gasteiger partial charge in [-0.2, -0.15) is 43.8 Å². The Hall–Kier alpha value is -2.48. The quantitative estimate of drug-likeness (QED) is 0.379. The molecule has 2 fully saturated rings. The zero-order valence-corrected chi connectivity index (χ0v) is 21.9. The molecule has 3 atom stereocenters. The first-order valence-electron chi connectivity index (χ1n) is 12.3. The Balaban J connectivity index is 1.26. The predicted octanol–water partition coefficient (Wildman–Crippen LogP) is 6.07. The van der Waals surface area contributed by atoms with Crippen LogP contribution in [0, 0.1) is 11.8 Å². The average Bonchev–Trinajstić information content (AvgIpc) is 3.48. The third-order valence-electron chi connectivity index (χ3n) is 8.16. The van der Waals surface area contributed by atoms with E-state index in [2.05, 4.69) is 9.71 Å². The molecule has 208 valence electrons. The number of hydrogen-bond acceptors (Lipinski definition) is 4. The van der Waals surface area contributed by atoms with Crippen LogP contribution in [0.1, 0.15) is 29.5 Å². The Bertz CT molecular complexity index is 1520. The highest BCUT2D eigenvalue weighted by Gasteiger charge is 2.60. The lowest BCUT2D eigenvalue weighted by molar-refractivity contribution is -0.138. The highest BCUT2D eigenvalue weighted by molar-refractivity contribution is 7.87. The monoisotopic (exact) mass is 587 g/mol. The van der Waals surface area contributed by atoms with Gasteiger partial charge < -0.3 is 0 Å². The lowest BCUT2D eigenvalue weighted by Gasteiger charge is -2.33. The molecular weight excluding hydrogens is 564 g/mol. The number of fused-ring (bicyclic) bond motifs is 1. The molecule has 0 unspecified atom stereocenters. The van der Waals surface area contributed by atoms with Gasteiger partial charge in [0.05, 0.1) is 16.0 Å². The van der Waals surface area contributed by atoms with Gasteiger partial charge in [-0.25, -0.2) is 4.98 Å². The molecule has 3 aromatic rings. The molecule has 2 aliphatic carbocycles. The first-order chi connectivity index (χ1) is 18.2. The number of halogens is 6. The molecule has 1 aliphatic heterocycles. The van der Waals surface area contributed by atoms with Crippen LogP contribution in [-0.4, -0.2) is 42.5 Å². The highest BCUT2D eigenvalue weighted by atomic mass is 32.2. The summed E-state index contributed by atoms with van der Waals surface area (Å²) in [5, 5.41) is 0.690. The van der Waals surface area contributed by atoms with E-state index in [1.807, 2.05) is 18.2 Å². The number of nitrogens with one attached hydrogen (secondary N) is 1. The van der Waals surface area contributed by atoms with Gasteiger partial charge in [0.1, 0.15) is 11.6 Å². The molecule has 5 nitrogen and oxygen atoms in total. The minimum absolute atomic E-state index is 0.117. The molecule has 2 aromatic carbocycles. The van der Waals surface area contributed by atoms with Crippen LogP contribution in [-0.2, 0) is 29.2 Å². The second-order valence-electron chi connectivity index (χ2n) is 10.5. The van der Waals surface area contributed by atoms with Gasteiger partial charge in [0.25, 0.3) is 10.2 Å². The summed E-state index contributed by atoms with van der Waals surface area (Å²) in [7, 11) is -4.25. The predicted molar refractivity (Wildman–Crippen MR) is 134 cm³/mol. The van der Waals surface area contributed by atoms with Crippen LogP contribution in [0.2, 0.25) is 0 Å². The lowest BCUT2D eigenvalue weighted by atomic mass is 9.79. The fourth-order valence-corrected chi connectivity index (χ4v) is 8.97. The van der Waals surface area contributed by atoms with Crippen molar-refractivity contribution in [2.24, 2.45) is 11.8 Å². The van der Waals surface area contributed by atoms with Crippen molar-refractivity contribution in [2.75, 3.05) is 13.1 Å². The maximum absolute atomic E-state index is 13.1. The van der Waals surface area contributed by atoms with E-state index >= 15 is 0 Å². The number of nitrogens with zero attached hydrogens (tertiary/aromatic N) is 2. The Morgan fingerprint density at radius 1 is 0.949 bits per heavy atom. The molecule has 1 aromatic heterocycles. The van der Waals surface area contributed by atoms with Crippen molar-refractivity contribution in [3.63, 3.8) is 0 Å². The van der Waals surface area contributed by atoms with Gasteiger partial charge >= 0.3 is 12.4 Å². The van der Waals surface area contributed by atoms with Crippen LogP contribution in [0.3, 0.4) is 0 Å². The molecule has 1 saturated heterocycles. The first-order valence-corrected chi connectivity index (χ1v) is 14.6. The Kier molecular flexibility index (Phi) is 6.18. The van der Waals surface area contributed by atoms with Crippen molar-refractivity contribution in [1.82, 2.24) is 14.0 Å². The van der Waals surface area contributed by atoms with E-state index in [0.29, 0.717) is 34.1 Å². The molecule has 3 aliphatic rings. The normalized spacial score (nSPS) is 26.6. The number of thiazole rings is 1. The second-order valence-corrected chi connectivity index (χ2v) is 13.2. The summed E-state index contributed by atoms with van der Waals surface area (Å²) in [5.41, 5.74) is 1.84. The van der Waals surface area contributed by atoms with Crippen molar-refractivity contribution < 1.29 is 34.8 Å². The Labute approximate surface area is 225 Å². The van der Waals surface area contributed by atoms with Crippen molar-refractivity contribution in [3.05, 3.63) is 65.4 Å².